The summed E-state index contributed by atoms with van der Waals surface area (Å²) in [6.07, 6.45) is -4.50. The molecule has 0 unspecified atom stereocenters. The fourth-order valence-corrected chi connectivity index (χ4v) is 1.87. The van der Waals surface area contributed by atoms with E-state index in [9.17, 15) is 22.8 Å². The van der Waals surface area contributed by atoms with Crippen molar-refractivity contribution >= 4 is 5.91 Å². The third-order valence-corrected chi connectivity index (χ3v) is 2.70. The lowest BCUT2D eigenvalue weighted by Gasteiger charge is -2.13. The van der Waals surface area contributed by atoms with Crippen molar-refractivity contribution in [2.24, 2.45) is 0 Å². The number of aryl methyl sites for hydroxylation is 2. The Morgan fingerprint density at radius 1 is 1.37 bits per heavy atom. The maximum absolute atomic E-state index is 12.0. The number of halogens is 3. The average Bonchev–Trinajstić information content (AvgIpc) is 2.25. The highest BCUT2D eigenvalue weighted by atomic mass is 19.4. The molecule has 19 heavy (non-hydrogen) atoms. The number of carbonyl (C=O) groups is 1. The molecule has 0 aromatic carbocycles. The highest BCUT2D eigenvalue weighted by molar-refractivity contribution is 5.95. The van der Waals surface area contributed by atoms with Gasteiger partial charge >= 0.3 is 6.18 Å². The first-order chi connectivity index (χ1) is 8.67. The van der Waals surface area contributed by atoms with Gasteiger partial charge in [0.25, 0.3) is 11.5 Å². The van der Waals surface area contributed by atoms with Crippen molar-refractivity contribution in [3.05, 3.63) is 33.2 Å². The van der Waals surface area contributed by atoms with E-state index in [2.05, 4.69) is 0 Å². The second-order valence-electron chi connectivity index (χ2n) is 4.19. The second-order valence-corrected chi connectivity index (χ2v) is 4.19. The Balaban J connectivity index is 3.14. The summed E-state index contributed by atoms with van der Waals surface area (Å²) in [4.78, 5) is 23.7. The highest BCUT2D eigenvalue weighted by Gasteiger charge is 2.29. The monoisotopic (exact) mass is 276 g/mol. The van der Waals surface area contributed by atoms with Gasteiger partial charge in [-0.2, -0.15) is 13.2 Å². The average molecular weight is 276 g/mol. The Hall–Kier alpha value is -1.79. The zero-order valence-electron chi connectivity index (χ0n) is 10.9. The van der Waals surface area contributed by atoms with Crippen molar-refractivity contribution in [2.75, 3.05) is 6.54 Å². The van der Waals surface area contributed by atoms with Gasteiger partial charge in [0, 0.05) is 12.2 Å². The van der Waals surface area contributed by atoms with E-state index in [0.29, 0.717) is 17.8 Å². The van der Waals surface area contributed by atoms with E-state index >= 15 is 0 Å². The fourth-order valence-electron chi connectivity index (χ4n) is 1.87. The molecule has 1 amide bonds. The molecule has 0 radical (unpaired) electrons. The third kappa shape index (κ3) is 3.59. The molecule has 1 aromatic rings. The Morgan fingerprint density at radius 2 is 1.95 bits per heavy atom. The molecule has 0 fully saturated rings. The summed E-state index contributed by atoms with van der Waals surface area (Å²) in [5, 5.41) is 1.71. The van der Waals surface area contributed by atoms with Crippen LogP contribution in [-0.4, -0.2) is 23.2 Å². The number of nitrogens with zero attached hydrogens (tertiary/aromatic N) is 1. The van der Waals surface area contributed by atoms with Crippen LogP contribution < -0.4 is 10.9 Å². The summed E-state index contributed by atoms with van der Waals surface area (Å²) < 4.78 is 37.5. The maximum Gasteiger partial charge on any atom is 0.405 e. The van der Waals surface area contributed by atoms with E-state index in [0.717, 1.165) is 0 Å². The largest absolute Gasteiger partial charge is 0.405 e. The Bertz CT molecular complexity index is 547. The summed E-state index contributed by atoms with van der Waals surface area (Å²) in [7, 11) is 0. The molecule has 0 aliphatic carbocycles. The lowest BCUT2D eigenvalue weighted by Crippen LogP contribution is -2.39. The molecule has 0 saturated heterocycles. The van der Waals surface area contributed by atoms with Crippen LogP contribution in [0, 0.1) is 13.8 Å². The van der Waals surface area contributed by atoms with Gasteiger partial charge in [0.2, 0.25) is 0 Å². The molecule has 106 valence electrons. The first kappa shape index (κ1) is 15.3. The third-order valence-electron chi connectivity index (χ3n) is 2.70. The molecule has 1 aromatic heterocycles. The summed E-state index contributed by atoms with van der Waals surface area (Å²) in [6.45, 7) is 3.85. The molecular formula is C12H15F3N2O2. The summed E-state index contributed by atoms with van der Waals surface area (Å²) >= 11 is 0. The van der Waals surface area contributed by atoms with Crippen LogP contribution in [-0.2, 0) is 6.54 Å². The number of hydrogen-bond donors (Lipinski definition) is 1. The number of amides is 1. The molecule has 1 rings (SSSR count). The number of carbonyl (C=O) groups excluding carboxylic acids is 1. The molecule has 0 aliphatic rings. The van der Waals surface area contributed by atoms with Gasteiger partial charge in [0.1, 0.15) is 12.1 Å². The molecule has 0 atom stereocenters. The fraction of sp³-hybridized carbons (Fsp3) is 0.500. The predicted octanol–water partition coefficient (Wildman–Crippen LogP) is 1.78. The minimum absolute atomic E-state index is 0.239. The van der Waals surface area contributed by atoms with Gasteiger partial charge < -0.3 is 9.88 Å². The Morgan fingerprint density at radius 3 is 2.42 bits per heavy atom. The summed E-state index contributed by atoms with van der Waals surface area (Å²) in [6, 6.07) is 1.60. The number of hydrogen-bond acceptors (Lipinski definition) is 2. The van der Waals surface area contributed by atoms with Crippen molar-refractivity contribution in [1.82, 2.24) is 9.88 Å². The molecule has 4 nitrogen and oxygen atoms in total. The number of nitrogens with one attached hydrogen (secondary N) is 1. The first-order valence-corrected chi connectivity index (χ1v) is 5.73. The first-order valence-electron chi connectivity index (χ1n) is 5.73. The van der Waals surface area contributed by atoms with E-state index in [4.69, 9.17) is 0 Å². The smallest absolute Gasteiger partial charge is 0.343 e. The van der Waals surface area contributed by atoms with Crippen LogP contribution in [0.4, 0.5) is 13.2 Å². The highest BCUT2D eigenvalue weighted by Crippen LogP contribution is 2.13. The normalized spacial score (nSPS) is 11.5. The Kier molecular flexibility index (Phi) is 4.39. The molecular weight excluding hydrogens is 261 g/mol. The second kappa shape index (κ2) is 5.46. The number of rotatable bonds is 3. The van der Waals surface area contributed by atoms with Crippen molar-refractivity contribution < 1.29 is 18.0 Å². The SMILES string of the molecule is CCn1c(C)cc(C)c(C(=O)NCC(F)(F)F)c1=O. The number of alkyl halides is 3. The molecule has 0 aliphatic heterocycles. The van der Waals surface area contributed by atoms with Crippen LogP contribution in [0.1, 0.15) is 28.5 Å². The molecule has 1 N–H and O–H groups in total. The van der Waals surface area contributed by atoms with E-state index < -0.39 is 24.2 Å². The van der Waals surface area contributed by atoms with Crippen LogP contribution in [0.3, 0.4) is 0 Å². The summed E-state index contributed by atoms with van der Waals surface area (Å²) in [5.74, 6) is -0.998. The van der Waals surface area contributed by atoms with Gasteiger partial charge in [0.05, 0.1) is 0 Å². The lowest BCUT2D eigenvalue weighted by molar-refractivity contribution is -0.123. The van der Waals surface area contributed by atoms with Gasteiger partial charge in [-0.25, -0.2) is 0 Å². The lowest BCUT2D eigenvalue weighted by atomic mass is 10.1. The number of pyridine rings is 1. The molecule has 0 spiro atoms. The zero-order chi connectivity index (χ0) is 14.8. The van der Waals surface area contributed by atoms with Crippen LogP contribution in [0.5, 0.6) is 0 Å². The maximum atomic E-state index is 12.0. The molecule has 0 saturated carbocycles. The van der Waals surface area contributed by atoms with Crippen LogP contribution in [0.15, 0.2) is 10.9 Å². The molecule has 7 heteroatoms. The topological polar surface area (TPSA) is 51.1 Å². The number of aromatic nitrogens is 1. The van der Waals surface area contributed by atoms with Crippen molar-refractivity contribution in [1.29, 1.82) is 0 Å². The van der Waals surface area contributed by atoms with Gasteiger partial charge in [-0.3, -0.25) is 9.59 Å². The van der Waals surface area contributed by atoms with E-state index in [1.165, 1.54) is 11.5 Å². The zero-order valence-corrected chi connectivity index (χ0v) is 10.9. The summed E-state index contributed by atoms with van der Waals surface area (Å²) in [5.41, 5.74) is 0.223. The van der Waals surface area contributed by atoms with Crippen LogP contribution in [0.25, 0.3) is 0 Å². The molecule has 1 heterocycles. The Labute approximate surface area is 108 Å². The van der Waals surface area contributed by atoms with E-state index in [1.54, 1.807) is 25.2 Å². The van der Waals surface area contributed by atoms with Crippen molar-refractivity contribution in [3.8, 4) is 0 Å². The van der Waals surface area contributed by atoms with Gasteiger partial charge in [0.15, 0.2) is 0 Å². The van der Waals surface area contributed by atoms with Crippen LogP contribution >= 0.6 is 0 Å². The minimum Gasteiger partial charge on any atom is -0.343 e. The standard InChI is InChI=1S/C12H15F3N2O2/c1-4-17-8(3)5-7(2)9(11(17)19)10(18)16-6-12(13,14)15/h5H,4,6H2,1-3H3,(H,16,18). The van der Waals surface area contributed by atoms with E-state index in [-0.39, 0.29) is 5.56 Å². The van der Waals surface area contributed by atoms with Gasteiger partial charge in [-0.15, -0.1) is 0 Å². The molecule has 0 bridgehead atoms. The van der Waals surface area contributed by atoms with Crippen molar-refractivity contribution in [3.63, 3.8) is 0 Å². The van der Waals surface area contributed by atoms with Crippen molar-refractivity contribution in [2.45, 2.75) is 33.5 Å². The quantitative estimate of drug-likeness (QED) is 0.915. The predicted molar refractivity (Wildman–Crippen MR) is 64.2 cm³/mol. The van der Waals surface area contributed by atoms with Crippen LogP contribution in [0.2, 0.25) is 0 Å². The van der Waals surface area contributed by atoms with Gasteiger partial charge in [-0.1, -0.05) is 0 Å². The minimum atomic E-state index is -4.50. The van der Waals surface area contributed by atoms with Gasteiger partial charge in [-0.05, 0) is 32.4 Å². The van der Waals surface area contributed by atoms with E-state index in [1.807, 2.05) is 0 Å².